The van der Waals surface area contributed by atoms with E-state index in [2.05, 4.69) is 15.4 Å². The van der Waals surface area contributed by atoms with Crippen molar-refractivity contribution in [2.75, 3.05) is 6.61 Å². The summed E-state index contributed by atoms with van der Waals surface area (Å²) in [5.74, 6) is 0.186. The van der Waals surface area contributed by atoms with Gasteiger partial charge in [-0.1, -0.05) is 47.5 Å². The first kappa shape index (κ1) is 18.2. The summed E-state index contributed by atoms with van der Waals surface area (Å²) in [4.78, 5) is 15.8. The van der Waals surface area contributed by atoms with Gasteiger partial charge in [0.2, 0.25) is 0 Å². The van der Waals surface area contributed by atoms with E-state index in [0.717, 1.165) is 11.1 Å². The SMILES string of the molecule is O=C(COc1ccc(Cl)cc1Cl)NCc1ccc(Cn2cncn2)cc1. The van der Waals surface area contributed by atoms with Crippen LogP contribution in [0.5, 0.6) is 5.75 Å². The van der Waals surface area contributed by atoms with E-state index >= 15 is 0 Å². The van der Waals surface area contributed by atoms with Crippen LogP contribution in [0, 0.1) is 0 Å². The average molecular weight is 391 g/mol. The van der Waals surface area contributed by atoms with Crippen LogP contribution < -0.4 is 10.1 Å². The molecule has 0 saturated carbocycles. The van der Waals surface area contributed by atoms with Gasteiger partial charge < -0.3 is 10.1 Å². The number of hydrogen-bond donors (Lipinski definition) is 1. The van der Waals surface area contributed by atoms with E-state index in [0.29, 0.717) is 28.9 Å². The normalized spacial score (nSPS) is 10.5. The second kappa shape index (κ2) is 8.69. The van der Waals surface area contributed by atoms with Gasteiger partial charge in [0.25, 0.3) is 5.91 Å². The Labute approximate surface area is 160 Å². The van der Waals surface area contributed by atoms with E-state index in [1.165, 1.54) is 6.33 Å². The third kappa shape index (κ3) is 5.21. The van der Waals surface area contributed by atoms with Crippen molar-refractivity contribution in [3.63, 3.8) is 0 Å². The number of aromatic nitrogens is 3. The van der Waals surface area contributed by atoms with Crippen LogP contribution in [0.25, 0.3) is 0 Å². The molecule has 0 radical (unpaired) electrons. The van der Waals surface area contributed by atoms with Crippen LogP contribution in [0.3, 0.4) is 0 Å². The van der Waals surface area contributed by atoms with Gasteiger partial charge in [0, 0.05) is 11.6 Å². The lowest BCUT2D eigenvalue weighted by molar-refractivity contribution is -0.123. The summed E-state index contributed by atoms with van der Waals surface area (Å²) in [6, 6.07) is 12.8. The van der Waals surface area contributed by atoms with E-state index in [-0.39, 0.29) is 12.5 Å². The highest BCUT2D eigenvalue weighted by atomic mass is 35.5. The Hall–Kier alpha value is -2.57. The second-order valence-electron chi connectivity index (χ2n) is 5.55. The van der Waals surface area contributed by atoms with Crippen molar-refractivity contribution in [2.24, 2.45) is 0 Å². The van der Waals surface area contributed by atoms with Gasteiger partial charge >= 0.3 is 0 Å². The number of amides is 1. The number of nitrogens with one attached hydrogen (secondary N) is 1. The van der Waals surface area contributed by atoms with Crippen molar-refractivity contribution in [3.05, 3.63) is 76.3 Å². The zero-order valence-corrected chi connectivity index (χ0v) is 15.2. The first-order valence-corrected chi connectivity index (χ1v) is 8.60. The summed E-state index contributed by atoms with van der Waals surface area (Å²) in [6.07, 6.45) is 3.17. The molecule has 0 spiro atoms. The zero-order chi connectivity index (χ0) is 18.4. The van der Waals surface area contributed by atoms with Gasteiger partial charge in [-0.2, -0.15) is 5.10 Å². The fraction of sp³-hybridized carbons (Fsp3) is 0.167. The molecule has 1 amide bonds. The average Bonchev–Trinajstić information content (AvgIpc) is 3.13. The molecular weight excluding hydrogens is 375 g/mol. The summed E-state index contributed by atoms with van der Waals surface area (Å²) in [7, 11) is 0. The van der Waals surface area contributed by atoms with Gasteiger partial charge in [-0.05, 0) is 29.3 Å². The molecule has 8 heteroatoms. The molecule has 1 N–H and O–H groups in total. The molecule has 0 atom stereocenters. The molecule has 2 aromatic carbocycles. The number of rotatable bonds is 7. The van der Waals surface area contributed by atoms with Crippen molar-refractivity contribution in [1.82, 2.24) is 20.1 Å². The summed E-state index contributed by atoms with van der Waals surface area (Å²) < 4.78 is 7.15. The number of benzene rings is 2. The molecule has 3 aromatic rings. The molecule has 0 saturated heterocycles. The minimum Gasteiger partial charge on any atom is -0.482 e. The fourth-order valence-electron chi connectivity index (χ4n) is 2.25. The third-order valence-electron chi connectivity index (χ3n) is 3.58. The maximum absolute atomic E-state index is 11.9. The summed E-state index contributed by atoms with van der Waals surface area (Å²) in [6.45, 7) is 0.953. The number of carbonyl (C=O) groups is 1. The van der Waals surface area contributed by atoms with Gasteiger partial charge in [0.05, 0.1) is 11.6 Å². The van der Waals surface area contributed by atoms with Crippen LogP contribution >= 0.6 is 23.2 Å². The lowest BCUT2D eigenvalue weighted by atomic mass is 10.1. The van der Waals surface area contributed by atoms with Gasteiger partial charge in [-0.3, -0.25) is 4.79 Å². The van der Waals surface area contributed by atoms with Gasteiger partial charge in [0.15, 0.2) is 6.61 Å². The number of nitrogens with zero attached hydrogens (tertiary/aromatic N) is 3. The van der Waals surface area contributed by atoms with E-state index in [1.807, 2.05) is 24.3 Å². The number of hydrogen-bond acceptors (Lipinski definition) is 4. The topological polar surface area (TPSA) is 69.0 Å². The smallest absolute Gasteiger partial charge is 0.258 e. The van der Waals surface area contributed by atoms with E-state index < -0.39 is 0 Å². The molecule has 0 bridgehead atoms. The Morgan fingerprint density at radius 3 is 2.58 bits per heavy atom. The van der Waals surface area contributed by atoms with Gasteiger partial charge in [-0.25, -0.2) is 9.67 Å². The molecule has 0 fully saturated rings. The highest BCUT2D eigenvalue weighted by Gasteiger charge is 2.06. The molecule has 0 aliphatic rings. The maximum Gasteiger partial charge on any atom is 0.258 e. The van der Waals surface area contributed by atoms with Crippen LogP contribution in [-0.4, -0.2) is 27.3 Å². The maximum atomic E-state index is 11.9. The van der Waals surface area contributed by atoms with Crippen molar-refractivity contribution in [2.45, 2.75) is 13.1 Å². The quantitative estimate of drug-likeness (QED) is 0.671. The number of ether oxygens (including phenoxy) is 1. The first-order chi connectivity index (χ1) is 12.6. The predicted molar refractivity (Wildman–Crippen MR) is 99.4 cm³/mol. The minimum atomic E-state index is -0.234. The fourth-order valence-corrected chi connectivity index (χ4v) is 2.71. The van der Waals surface area contributed by atoms with Crippen molar-refractivity contribution < 1.29 is 9.53 Å². The van der Waals surface area contributed by atoms with E-state index in [1.54, 1.807) is 29.2 Å². The lowest BCUT2D eigenvalue weighted by Gasteiger charge is -2.09. The monoisotopic (exact) mass is 390 g/mol. The summed E-state index contributed by atoms with van der Waals surface area (Å²) in [5, 5.41) is 7.75. The highest BCUT2D eigenvalue weighted by Crippen LogP contribution is 2.27. The zero-order valence-electron chi connectivity index (χ0n) is 13.7. The number of carbonyl (C=O) groups excluding carboxylic acids is 1. The molecule has 0 aliphatic carbocycles. The second-order valence-corrected chi connectivity index (χ2v) is 6.39. The largest absolute Gasteiger partial charge is 0.482 e. The Kier molecular flexibility index (Phi) is 6.09. The van der Waals surface area contributed by atoms with Crippen LogP contribution in [0.1, 0.15) is 11.1 Å². The van der Waals surface area contributed by atoms with Crippen LogP contribution in [0.2, 0.25) is 10.0 Å². The predicted octanol–water partition coefficient (Wildman–Crippen LogP) is 3.33. The van der Waals surface area contributed by atoms with Crippen LogP contribution in [0.15, 0.2) is 55.1 Å². The molecule has 0 aliphatic heterocycles. The lowest BCUT2D eigenvalue weighted by Crippen LogP contribution is -2.28. The minimum absolute atomic E-state index is 0.119. The molecule has 1 heterocycles. The van der Waals surface area contributed by atoms with Gasteiger partial charge in [0.1, 0.15) is 18.4 Å². The summed E-state index contributed by atoms with van der Waals surface area (Å²) in [5.41, 5.74) is 2.09. The first-order valence-electron chi connectivity index (χ1n) is 7.85. The van der Waals surface area contributed by atoms with E-state index in [4.69, 9.17) is 27.9 Å². The van der Waals surface area contributed by atoms with Crippen LogP contribution in [-0.2, 0) is 17.9 Å². The molecular formula is C18H16Cl2N4O2. The Bertz CT molecular complexity index is 867. The Morgan fingerprint density at radius 1 is 1.12 bits per heavy atom. The van der Waals surface area contributed by atoms with E-state index in [9.17, 15) is 4.79 Å². The molecule has 3 rings (SSSR count). The Morgan fingerprint density at radius 2 is 1.88 bits per heavy atom. The number of halogens is 2. The molecule has 6 nitrogen and oxygen atoms in total. The third-order valence-corrected chi connectivity index (χ3v) is 4.11. The van der Waals surface area contributed by atoms with Gasteiger partial charge in [-0.15, -0.1) is 0 Å². The summed E-state index contributed by atoms with van der Waals surface area (Å²) >= 11 is 11.8. The van der Waals surface area contributed by atoms with Crippen molar-refractivity contribution in [1.29, 1.82) is 0 Å². The Balaban J connectivity index is 1.45. The molecule has 134 valence electrons. The van der Waals surface area contributed by atoms with Crippen molar-refractivity contribution in [3.8, 4) is 5.75 Å². The highest BCUT2D eigenvalue weighted by molar-refractivity contribution is 6.35. The van der Waals surface area contributed by atoms with Crippen molar-refractivity contribution >= 4 is 29.1 Å². The molecule has 26 heavy (non-hydrogen) atoms. The molecule has 1 aromatic heterocycles. The van der Waals surface area contributed by atoms with Crippen LogP contribution in [0.4, 0.5) is 0 Å². The standard InChI is InChI=1S/C18H16Cl2N4O2/c19-15-5-6-17(16(20)7-15)26-10-18(25)22-8-13-1-3-14(4-2-13)9-24-12-21-11-23-24/h1-7,11-12H,8-10H2,(H,22,25). The molecule has 0 unspecified atom stereocenters.